The monoisotopic (exact) mass is 942 g/mol. The molecule has 3 aromatic rings. The highest BCUT2D eigenvalue weighted by Gasteiger charge is 2.56. The van der Waals surface area contributed by atoms with Gasteiger partial charge in [0.25, 0.3) is 0 Å². The van der Waals surface area contributed by atoms with E-state index in [1.54, 1.807) is 24.3 Å². The Hall–Kier alpha value is -3.69. The number of nitrogens with zero attached hydrogens (tertiary/aromatic N) is 5. The van der Waals surface area contributed by atoms with Gasteiger partial charge < -0.3 is 24.8 Å². The number of phosphoric ester groups is 1. The minimum absolute atomic E-state index is 0.00286. The van der Waals surface area contributed by atoms with Gasteiger partial charge in [0, 0.05) is 18.4 Å². The first-order valence-corrected chi connectivity index (χ1v) is 25.4. The second kappa shape index (κ2) is 21.1. The summed E-state index contributed by atoms with van der Waals surface area (Å²) in [7, 11) is -5.27. The molecule has 4 aliphatic heterocycles. The van der Waals surface area contributed by atoms with Crippen molar-refractivity contribution in [1.29, 1.82) is 0 Å². The Morgan fingerprint density at radius 1 is 0.905 bits per heavy atom. The van der Waals surface area contributed by atoms with Gasteiger partial charge in [-0.2, -0.15) is 0 Å². The van der Waals surface area contributed by atoms with E-state index in [0.29, 0.717) is 22.7 Å². The summed E-state index contributed by atoms with van der Waals surface area (Å²) in [4.78, 5) is 61.1. The molecule has 19 nitrogen and oxygen atoms in total. The third-order valence-corrected chi connectivity index (χ3v) is 15.5. The first kappa shape index (κ1) is 47.3. The Kier molecular flexibility index (Phi) is 15.8. The molecule has 2 bridgehead atoms. The molecule has 344 valence electrons. The summed E-state index contributed by atoms with van der Waals surface area (Å²) in [5.74, 6) is -1.49. The fraction of sp³-hybridized carbons (Fsp3) is 0.590. The van der Waals surface area contributed by atoms with Gasteiger partial charge in [-0.1, -0.05) is 70.4 Å². The molecule has 1 amide bonds. The molecule has 3 N–H and O–H groups in total. The largest absolute Gasteiger partial charge is 0.472 e. The maximum Gasteiger partial charge on any atom is 0.472 e. The van der Waals surface area contributed by atoms with Gasteiger partial charge >= 0.3 is 20.6 Å². The van der Waals surface area contributed by atoms with Crippen LogP contribution in [0.1, 0.15) is 89.3 Å². The van der Waals surface area contributed by atoms with Crippen LogP contribution in [-0.4, -0.2) is 103 Å². The predicted molar refractivity (Wildman–Crippen MR) is 222 cm³/mol. The molecule has 0 aliphatic carbocycles. The number of amides is 1. The van der Waals surface area contributed by atoms with E-state index in [4.69, 9.17) is 38.0 Å². The van der Waals surface area contributed by atoms with E-state index >= 15 is 8.78 Å². The Bertz CT molecular complexity index is 2230. The summed E-state index contributed by atoms with van der Waals surface area (Å²) < 4.78 is 102. The molecule has 0 spiro atoms. The van der Waals surface area contributed by atoms with Crippen LogP contribution in [0.4, 0.5) is 14.6 Å². The van der Waals surface area contributed by atoms with Crippen molar-refractivity contribution >= 4 is 60.6 Å². The van der Waals surface area contributed by atoms with Gasteiger partial charge in [0.1, 0.15) is 42.0 Å². The van der Waals surface area contributed by atoms with E-state index in [1.807, 2.05) is 0 Å². The first-order valence-electron chi connectivity index (χ1n) is 20.8. The second-order valence-electron chi connectivity index (χ2n) is 15.5. The number of hydrogen-bond acceptors (Lipinski definition) is 17. The number of allylic oxidation sites excluding steroid dienone is 1. The van der Waals surface area contributed by atoms with Crippen molar-refractivity contribution in [3.8, 4) is 5.75 Å². The van der Waals surface area contributed by atoms with Crippen LogP contribution in [0, 0.1) is 0 Å². The van der Waals surface area contributed by atoms with Crippen molar-refractivity contribution in [2.24, 2.45) is 0 Å². The van der Waals surface area contributed by atoms with Gasteiger partial charge in [0.15, 0.2) is 42.0 Å². The Labute approximate surface area is 365 Å². The summed E-state index contributed by atoms with van der Waals surface area (Å²) in [6.45, 7) is -4.18. The number of carbonyl (C=O) groups excluding carboxylic acids is 3. The molecule has 3 fully saturated rings. The normalized spacial score (nSPS) is 31.4. The zero-order valence-corrected chi connectivity index (χ0v) is 37.0. The third-order valence-electron chi connectivity index (χ3n) is 10.8. The number of aromatic nitrogens is 4. The van der Waals surface area contributed by atoms with Crippen LogP contribution in [-0.2, 0) is 56.8 Å². The average molecular weight is 943 g/mol. The van der Waals surface area contributed by atoms with E-state index in [-0.39, 0.29) is 35.1 Å². The van der Waals surface area contributed by atoms with Gasteiger partial charge in [-0.25, -0.2) is 32.9 Å². The molecule has 24 heteroatoms. The minimum atomic E-state index is -5.27. The van der Waals surface area contributed by atoms with E-state index in [0.717, 1.165) is 49.2 Å². The predicted octanol–water partition coefficient (Wildman–Crippen LogP) is 6.81. The number of ketones is 1. The molecule has 2 unspecified atom stereocenters. The van der Waals surface area contributed by atoms with Gasteiger partial charge in [-0.3, -0.25) is 41.9 Å². The highest BCUT2D eigenvalue weighted by molar-refractivity contribution is 8.54. The number of nitrogen functional groups attached to an aromatic ring is 1. The van der Waals surface area contributed by atoms with E-state index in [9.17, 15) is 28.4 Å². The van der Waals surface area contributed by atoms with Crippen molar-refractivity contribution in [2.45, 2.75) is 133 Å². The van der Waals surface area contributed by atoms with Crippen molar-refractivity contribution in [3.63, 3.8) is 0 Å². The Morgan fingerprint density at radius 3 is 2.33 bits per heavy atom. The molecule has 0 radical (unpaired) electrons. The molecule has 1 aromatic carbocycles. The fourth-order valence-corrected chi connectivity index (χ4v) is 11.8. The van der Waals surface area contributed by atoms with Gasteiger partial charge in [0.2, 0.25) is 5.91 Å². The summed E-state index contributed by atoms with van der Waals surface area (Å²) >= 11 is 0.619. The fourth-order valence-electron chi connectivity index (χ4n) is 7.51. The lowest BCUT2D eigenvalue weighted by Crippen LogP contribution is -2.46. The molecular formula is C39H50F2N6O13P2S. The average Bonchev–Trinajstić information content (AvgIpc) is 3.91. The molecule has 3 saturated heterocycles. The zero-order chi connectivity index (χ0) is 44.7. The van der Waals surface area contributed by atoms with Gasteiger partial charge in [-0.05, 0) is 41.6 Å². The number of unbranched alkanes of at least 4 members (excludes halogenated alkanes) is 8. The van der Waals surface area contributed by atoms with Crippen LogP contribution in [0.3, 0.4) is 0 Å². The highest BCUT2D eigenvalue weighted by atomic mass is 32.7. The van der Waals surface area contributed by atoms with Crippen molar-refractivity contribution < 1.29 is 69.5 Å². The lowest BCUT2D eigenvalue weighted by molar-refractivity contribution is -0.148. The number of nitrogens with two attached hydrogens (primary N) is 1. The second-order valence-corrected chi connectivity index (χ2v) is 20.9. The number of carbonyl (C=O) groups is 3. The first-order chi connectivity index (χ1) is 30.2. The minimum Gasteiger partial charge on any atom is -0.427 e. The standard InChI is InChI=1S/C39H50F2N6O13P2S/c1-2-3-4-5-6-7-8-9-10-11-30(50)56-26-14-12-24(13-15-26)21-63-62(53)55-19-27-31(40)35(39(57-27)46-17-16-25(48)18-29(46)49)59-61(51,52)54-20-28-34(60-62)32(41)38(58-28)47-23-45-33-36(42)43-22-44-37(33)47/h12-17,22-23,27-28,31-32,34-35,38-39H,2-11,18-21H2,1H3,(H,51,52)(H2,42,43,44)/t27-,28-,31-,32-,34-,35-,38-,39-,62?/m1/s1. The van der Waals surface area contributed by atoms with Crippen LogP contribution in [0.2, 0.25) is 0 Å². The summed E-state index contributed by atoms with van der Waals surface area (Å²) in [6.07, 6.45) is -0.684. The van der Waals surface area contributed by atoms with E-state index in [2.05, 4.69) is 21.9 Å². The summed E-state index contributed by atoms with van der Waals surface area (Å²) in [5.41, 5.74) is 6.69. The number of esters is 1. The topological polar surface area (TPSA) is 243 Å². The number of benzene rings is 1. The molecular weight excluding hydrogens is 892 g/mol. The molecule has 63 heavy (non-hydrogen) atoms. The summed E-state index contributed by atoms with van der Waals surface area (Å²) in [6, 6.07) is 6.38. The molecule has 0 saturated carbocycles. The van der Waals surface area contributed by atoms with Crippen LogP contribution < -0.4 is 10.5 Å². The van der Waals surface area contributed by atoms with Crippen molar-refractivity contribution in [1.82, 2.24) is 24.4 Å². The quantitative estimate of drug-likeness (QED) is 0.0493. The van der Waals surface area contributed by atoms with Gasteiger partial charge in [-0.15, -0.1) is 0 Å². The van der Waals surface area contributed by atoms with Crippen molar-refractivity contribution in [2.75, 3.05) is 18.9 Å². The Balaban J connectivity index is 1.07. The zero-order valence-electron chi connectivity index (χ0n) is 34.4. The highest BCUT2D eigenvalue weighted by Crippen LogP contribution is 2.64. The number of imidazole rings is 1. The molecule has 7 rings (SSSR count). The number of ether oxygens (including phenoxy) is 3. The number of halogens is 2. The third kappa shape index (κ3) is 11.8. The van der Waals surface area contributed by atoms with Crippen molar-refractivity contribution in [3.05, 3.63) is 54.8 Å². The number of phosphoric acid groups is 1. The molecule has 6 heterocycles. The van der Waals surface area contributed by atoms with Gasteiger partial charge in [0.05, 0.1) is 26.0 Å². The number of hydrogen-bond donors (Lipinski definition) is 2. The van der Waals surface area contributed by atoms with Crippen LogP contribution in [0.25, 0.3) is 11.2 Å². The van der Waals surface area contributed by atoms with E-state index in [1.165, 1.54) is 43.0 Å². The number of alkyl halides is 2. The maximum absolute atomic E-state index is 16.7. The smallest absolute Gasteiger partial charge is 0.427 e. The summed E-state index contributed by atoms with van der Waals surface area (Å²) in [5, 5.41) is 0. The SMILES string of the molecule is CCCCCCCCCCCC(=O)Oc1ccc(CSP2(=O)OC[C@H]3O[C@@H](N4C=CC(=O)CC4=O)[C@H](OP(=O)(O)OC[C@H]4O[C@@H](n5cnc6c(N)ncnc65)[C@H](F)[C@@H]4O2)[C@@H]3F)cc1. The van der Waals surface area contributed by atoms with Crippen LogP contribution in [0.15, 0.2) is 49.2 Å². The van der Waals surface area contributed by atoms with E-state index < -0.39 is 95.2 Å². The number of fused-ring (bicyclic) bond motifs is 4. The van der Waals surface area contributed by atoms with Crippen LogP contribution >= 0.6 is 26.0 Å². The number of anilines is 1. The number of rotatable bonds is 16. The van der Waals surface area contributed by atoms with Crippen LogP contribution in [0.5, 0.6) is 5.75 Å². The molecule has 10 atom stereocenters. The maximum atomic E-state index is 16.7. The molecule has 4 aliphatic rings. The lowest BCUT2D eigenvalue weighted by atomic mass is 10.1. The lowest BCUT2D eigenvalue weighted by Gasteiger charge is -2.31. The Morgan fingerprint density at radius 2 is 1.60 bits per heavy atom. The molecule has 2 aromatic heterocycles.